The highest BCUT2D eigenvalue weighted by atomic mass is 13.7. The molecule has 0 bridgehead atoms. The van der Waals surface area contributed by atoms with Gasteiger partial charge in [-0.15, -0.1) is 13.2 Å². The minimum atomic E-state index is 1.02. The van der Waals surface area contributed by atoms with Gasteiger partial charge in [0.05, 0.1) is 0 Å². The number of allylic oxidation sites excluding steroid dienone is 4. The number of rotatable bonds is 2. The van der Waals surface area contributed by atoms with Crippen molar-refractivity contribution in [3.05, 3.63) is 63.3 Å². The Kier molecular flexibility index (Phi) is 34.7. The molecule has 0 saturated heterocycles. The quantitative estimate of drug-likeness (QED) is 0.413. The first-order valence-electron chi connectivity index (χ1n) is 3.20. The lowest BCUT2D eigenvalue weighted by Gasteiger charge is -1.71. The lowest BCUT2D eigenvalue weighted by Crippen LogP contribution is -1.50. The zero-order chi connectivity index (χ0) is 9.70. The first-order chi connectivity index (χ1) is 5.18. The smallest absolute Gasteiger partial charge is 0.0404 e. The zero-order valence-electron chi connectivity index (χ0n) is 7.47. The molecule has 0 aromatic carbocycles. The maximum atomic E-state index is 3.56. The molecular weight excluding hydrogens is 132 g/mol. The first-order valence-corrected chi connectivity index (χ1v) is 3.20. The Balaban J connectivity index is -0.0000000965. The Morgan fingerprint density at radius 2 is 1.18 bits per heavy atom. The van der Waals surface area contributed by atoms with E-state index in [1.165, 1.54) is 0 Å². The predicted molar refractivity (Wildman–Crippen MR) is 56.7 cm³/mol. The molecule has 0 aliphatic carbocycles. The van der Waals surface area contributed by atoms with Crippen LogP contribution in [0.15, 0.2) is 63.3 Å². The summed E-state index contributed by atoms with van der Waals surface area (Å²) < 4.78 is 0. The van der Waals surface area contributed by atoms with Gasteiger partial charge in [-0.25, -0.2) is 0 Å². The SMILES string of the molecule is C=C.C=CC(=C)C.C=CC=C. The molecule has 0 spiro atoms. The van der Waals surface area contributed by atoms with Crippen LogP contribution in [0.3, 0.4) is 0 Å². The van der Waals surface area contributed by atoms with Gasteiger partial charge >= 0.3 is 0 Å². The van der Waals surface area contributed by atoms with Crippen molar-refractivity contribution in [2.45, 2.75) is 6.92 Å². The molecule has 0 unspecified atom stereocenters. The number of hydrogen-bond acceptors (Lipinski definition) is 0. The topological polar surface area (TPSA) is 0 Å². The summed E-state index contributed by atoms with van der Waals surface area (Å²) in [5, 5.41) is 0. The van der Waals surface area contributed by atoms with Crippen LogP contribution in [0.4, 0.5) is 0 Å². The molecule has 0 aliphatic heterocycles. The van der Waals surface area contributed by atoms with Crippen LogP contribution in [-0.4, -0.2) is 0 Å². The highest BCUT2D eigenvalue weighted by Crippen LogP contribution is 1.81. The van der Waals surface area contributed by atoms with Gasteiger partial charge in [0, 0.05) is 0 Å². The Bertz CT molecular complexity index is 112. The highest BCUT2D eigenvalue weighted by Gasteiger charge is 1.59. The molecular formula is C11H18. The molecule has 0 rings (SSSR count). The molecule has 0 nitrogen and oxygen atoms in total. The van der Waals surface area contributed by atoms with E-state index in [0.29, 0.717) is 0 Å². The third kappa shape index (κ3) is 135. The second kappa shape index (κ2) is 23.4. The summed E-state index contributed by atoms with van der Waals surface area (Å²) in [4.78, 5) is 0. The van der Waals surface area contributed by atoms with E-state index in [0.717, 1.165) is 5.57 Å². The molecule has 0 fully saturated rings. The Hall–Kier alpha value is -1.30. The summed E-state index contributed by atoms with van der Waals surface area (Å²) in [5.74, 6) is 0. The molecule has 0 aromatic heterocycles. The largest absolute Gasteiger partial charge is 0.106 e. The van der Waals surface area contributed by atoms with Gasteiger partial charge in [0.15, 0.2) is 0 Å². The molecule has 11 heavy (non-hydrogen) atoms. The summed E-state index contributed by atoms with van der Waals surface area (Å²) in [6, 6.07) is 0. The lowest BCUT2D eigenvalue weighted by atomic mass is 10.4. The summed E-state index contributed by atoms with van der Waals surface area (Å²) in [6.45, 7) is 21.6. The summed E-state index contributed by atoms with van der Waals surface area (Å²) in [5.41, 5.74) is 1.02. The van der Waals surface area contributed by atoms with Crippen LogP contribution in [-0.2, 0) is 0 Å². The van der Waals surface area contributed by atoms with Crippen LogP contribution < -0.4 is 0 Å². The first kappa shape index (κ1) is 16.4. The normalized spacial score (nSPS) is 5.18. The maximum Gasteiger partial charge on any atom is -0.0404 e. The summed E-state index contributed by atoms with van der Waals surface area (Å²) in [7, 11) is 0. The van der Waals surface area contributed by atoms with E-state index in [1.54, 1.807) is 18.2 Å². The fraction of sp³-hybridized carbons (Fsp3) is 0.0909. The van der Waals surface area contributed by atoms with Crippen molar-refractivity contribution in [2.75, 3.05) is 0 Å². The Morgan fingerprint density at radius 3 is 1.18 bits per heavy atom. The van der Waals surface area contributed by atoms with Gasteiger partial charge in [-0.3, -0.25) is 0 Å². The minimum Gasteiger partial charge on any atom is -0.106 e. The minimum absolute atomic E-state index is 1.02. The molecule has 62 valence electrons. The van der Waals surface area contributed by atoms with Crippen LogP contribution in [0.2, 0.25) is 0 Å². The van der Waals surface area contributed by atoms with Gasteiger partial charge in [-0.2, -0.15) is 0 Å². The second-order valence-electron chi connectivity index (χ2n) is 1.52. The molecule has 0 heterocycles. The van der Waals surface area contributed by atoms with E-state index in [-0.39, 0.29) is 0 Å². The van der Waals surface area contributed by atoms with E-state index < -0.39 is 0 Å². The fourth-order valence-corrected chi connectivity index (χ4v) is 0. The molecule has 0 aliphatic rings. The molecule has 0 saturated carbocycles. The fourth-order valence-electron chi connectivity index (χ4n) is 0. The van der Waals surface area contributed by atoms with Crippen LogP contribution >= 0.6 is 0 Å². The third-order valence-electron chi connectivity index (χ3n) is 0.515. The summed E-state index contributed by atoms with van der Waals surface area (Å²) in [6.07, 6.45) is 5.00. The van der Waals surface area contributed by atoms with E-state index >= 15 is 0 Å². The van der Waals surface area contributed by atoms with Crippen molar-refractivity contribution in [1.82, 2.24) is 0 Å². The molecule has 0 N–H and O–H groups in total. The molecule has 0 aromatic rings. The maximum absolute atomic E-state index is 3.56. The van der Waals surface area contributed by atoms with E-state index in [9.17, 15) is 0 Å². The van der Waals surface area contributed by atoms with Crippen LogP contribution in [0.5, 0.6) is 0 Å². The predicted octanol–water partition coefficient (Wildman–Crippen LogP) is 3.91. The third-order valence-corrected chi connectivity index (χ3v) is 0.515. The van der Waals surface area contributed by atoms with Crippen LogP contribution in [0.1, 0.15) is 6.92 Å². The molecule has 0 heteroatoms. The van der Waals surface area contributed by atoms with Crippen molar-refractivity contribution in [2.24, 2.45) is 0 Å². The van der Waals surface area contributed by atoms with E-state index in [2.05, 4.69) is 39.5 Å². The van der Waals surface area contributed by atoms with Crippen molar-refractivity contribution in [3.8, 4) is 0 Å². The van der Waals surface area contributed by atoms with Gasteiger partial charge < -0.3 is 0 Å². The average molecular weight is 150 g/mol. The van der Waals surface area contributed by atoms with Crippen molar-refractivity contribution in [3.63, 3.8) is 0 Å². The van der Waals surface area contributed by atoms with Crippen molar-refractivity contribution < 1.29 is 0 Å². The van der Waals surface area contributed by atoms with Gasteiger partial charge in [-0.05, 0) is 6.92 Å². The van der Waals surface area contributed by atoms with Gasteiger partial charge in [0.25, 0.3) is 0 Å². The van der Waals surface area contributed by atoms with E-state index in [1.807, 2.05) is 6.92 Å². The van der Waals surface area contributed by atoms with Crippen LogP contribution in [0, 0.1) is 0 Å². The lowest BCUT2D eigenvalue weighted by molar-refractivity contribution is 1.58. The second-order valence-corrected chi connectivity index (χ2v) is 1.52. The Morgan fingerprint density at radius 1 is 1.00 bits per heavy atom. The standard InChI is InChI=1S/C5H8.C4H6.C2H4/c1-4-5(2)3;1-3-4-2;1-2/h4H,1-2H2,3H3;3-4H,1-2H2;1-2H2. The number of hydrogen-bond donors (Lipinski definition) is 0. The highest BCUT2D eigenvalue weighted by molar-refractivity contribution is 5.05. The van der Waals surface area contributed by atoms with E-state index in [4.69, 9.17) is 0 Å². The molecule has 0 atom stereocenters. The van der Waals surface area contributed by atoms with Gasteiger partial charge in [0.2, 0.25) is 0 Å². The van der Waals surface area contributed by atoms with Gasteiger partial charge in [0.1, 0.15) is 0 Å². The molecule has 0 amide bonds. The zero-order valence-corrected chi connectivity index (χ0v) is 7.47. The monoisotopic (exact) mass is 150 g/mol. The van der Waals surface area contributed by atoms with Crippen LogP contribution in [0.25, 0.3) is 0 Å². The van der Waals surface area contributed by atoms with Gasteiger partial charge in [-0.1, -0.05) is 50.1 Å². The average Bonchev–Trinajstić information content (AvgIpc) is 2.08. The van der Waals surface area contributed by atoms with Crippen molar-refractivity contribution >= 4 is 0 Å². The summed E-state index contributed by atoms with van der Waals surface area (Å²) >= 11 is 0. The van der Waals surface area contributed by atoms with Crippen molar-refractivity contribution in [1.29, 1.82) is 0 Å². The Labute approximate surface area is 71.0 Å². The molecule has 0 radical (unpaired) electrons.